The van der Waals surface area contributed by atoms with Crippen LogP contribution in [0.3, 0.4) is 0 Å². The molecule has 1 unspecified atom stereocenters. The van der Waals surface area contributed by atoms with Gasteiger partial charge in [-0.2, -0.15) is 11.6 Å². The van der Waals surface area contributed by atoms with Crippen molar-refractivity contribution < 1.29 is 49.0 Å². The molecule has 0 fully saturated rings. The molecule has 0 heterocycles. The summed E-state index contributed by atoms with van der Waals surface area (Å²) in [7, 11) is 0. The fourth-order valence-corrected chi connectivity index (χ4v) is 3.47. The summed E-state index contributed by atoms with van der Waals surface area (Å²) in [5, 5.41) is 5.39. The molecule has 0 nitrogen and oxygen atoms in total. The summed E-state index contributed by atoms with van der Waals surface area (Å²) in [6.07, 6.45) is 11.9. The molecule has 3 aromatic carbocycles. The zero-order chi connectivity index (χ0) is 22.1. The Kier molecular flexibility index (Phi) is 14.7. The smallest absolute Gasteiger partial charge is 0.0771 e. The first-order valence-corrected chi connectivity index (χ1v) is 12.3. The van der Waals surface area contributed by atoms with Gasteiger partial charge < -0.3 is 24.8 Å². The minimum atomic E-state index is 0. The van der Waals surface area contributed by atoms with E-state index in [-0.39, 0.29) is 24.8 Å². The monoisotopic (exact) mass is 544 g/mol. The molecule has 1 atom stereocenters. The predicted molar refractivity (Wildman–Crippen MR) is 132 cm³/mol. The number of allylic oxidation sites excluding steroid dienone is 4. The Labute approximate surface area is 223 Å². The van der Waals surface area contributed by atoms with Gasteiger partial charge in [0.05, 0.1) is 0 Å². The molecule has 0 bridgehead atoms. The van der Waals surface area contributed by atoms with Crippen LogP contribution in [0.15, 0.2) is 72.3 Å². The van der Waals surface area contributed by atoms with E-state index in [0.29, 0.717) is 11.3 Å². The van der Waals surface area contributed by atoms with E-state index in [1.54, 1.807) is 24.2 Å². The Morgan fingerprint density at radius 3 is 1.81 bits per heavy atom. The van der Waals surface area contributed by atoms with E-state index in [9.17, 15) is 0 Å². The molecule has 32 heavy (non-hydrogen) atoms. The summed E-state index contributed by atoms with van der Waals surface area (Å²) in [4.78, 5) is 0. The second-order valence-electron chi connectivity index (χ2n) is 9.25. The largest absolute Gasteiger partial charge is 1.00 e. The summed E-state index contributed by atoms with van der Waals surface area (Å²) in [5.74, 6) is 0.592. The quantitative estimate of drug-likeness (QED) is 0.444. The van der Waals surface area contributed by atoms with Crippen LogP contribution in [-0.4, -0.2) is 3.21 Å². The maximum absolute atomic E-state index is 3.43. The van der Waals surface area contributed by atoms with Crippen LogP contribution in [0.4, 0.5) is 0 Å². The molecule has 172 valence electrons. The van der Waals surface area contributed by atoms with Gasteiger partial charge in [0.25, 0.3) is 0 Å². The third kappa shape index (κ3) is 9.95. The number of hydrogen-bond acceptors (Lipinski definition) is 0. The molecule has 0 saturated carbocycles. The molecule has 4 rings (SSSR count). The van der Waals surface area contributed by atoms with Crippen LogP contribution in [0.5, 0.6) is 0 Å². The van der Waals surface area contributed by atoms with Gasteiger partial charge in [-0.3, -0.25) is 6.08 Å². The molecule has 0 aliphatic heterocycles. The van der Waals surface area contributed by atoms with Crippen molar-refractivity contribution >= 4 is 24.8 Å². The van der Waals surface area contributed by atoms with E-state index in [4.69, 9.17) is 0 Å². The number of benzene rings is 2. The van der Waals surface area contributed by atoms with Gasteiger partial charge in [0.2, 0.25) is 0 Å². The Morgan fingerprint density at radius 2 is 1.41 bits per heavy atom. The van der Waals surface area contributed by atoms with Crippen LogP contribution in [0.1, 0.15) is 60.8 Å². The van der Waals surface area contributed by atoms with E-state index in [1.807, 2.05) is 0 Å². The summed E-state index contributed by atoms with van der Waals surface area (Å²) < 4.78 is 1.51. The maximum Gasteiger partial charge on any atom is -0.0771 e. The van der Waals surface area contributed by atoms with Crippen LogP contribution < -0.4 is 24.8 Å². The van der Waals surface area contributed by atoms with E-state index in [2.05, 4.69) is 114 Å². The molecule has 0 radical (unpaired) electrons. The first-order chi connectivity index (χ1) is 14.2. The Morgan fingerprint density at radius 1 is 0.938 bits per heavy atom. The molecule has 3 aromatic rings. The van der Waals surface area contributed by atoms with Crippen LogP contribution in [-0.2, 0) is 24.2 Å². The molecule has 0 aromatic heterocycles. The Bertz CT molecular complexity index is 964. The molecular formula is C29H36Cl2Zr-2. The SMILES string of the molecule is CCCCC1[C-]=CC(C(C)(C)C)=C1.C[C](C)=[Zr+2].[Cl-].[Cl-].c1ccc2c(c1)[cH-]c1ccccc12. The van der Waals surface area contributed by atoms with Gasteiger partial charge in [0, 0.05) is 0 Å². The van der Waals surface area contributed by atoms with Crippen molar-refractivity contribution in [3.05, 3.63) is 78.4 Å². The van der Waals surface area contributed by atoms with Crippen molar-refractivity contribution in [2.24, 2.45) is 11.3 Å². The summed E-state index contributed by atoms with van der Waals surface area (Å²) >= 11 is 1.55. The van der Waals surface area contributed by atoms with Gasteiger partial charge in [0.15, 0.2) is 0 Å². The Balaban J connectivity index is 0.000000490. The fraction of sp³-hybridized carbons (Fsp3) is 0.379. The van der Waals surface area contributed by atoms with E-state index < -0.39 is 0 Å². The average Bonchev–Trinajstić information content (AvgIpc) is 3.31. The zero-order valence-electron chi connectivity index (χ0n) is 20.3. The number of halogens is 2. The summed E-state index contributed by atoms with van der Waals surface area (Å²) in [6.45, 7) is 13.3. The van der Waals surface area contributed by atoms with Crippen molar-refractivity contribution in [3.63, 3.8) is 0 Å². The molecule has 0 spiro atoms. The van der Waals surface area contributed by atoms with Gasteiger partial charge >= 0.3 is 41.3 Å². The van der Waals surface area contributed by atoms with Crippen molar-refractivity contribution in [2.75, 3.05) is 0 Å². The van der Waals surface area contributed by atoms with E-state index >= 15 is 0 Å². The normalized spacial score (nSPS) is 14.4. The van der Waals surface area contributed by atoms with Crippen LogP contribution in [0, 0.1) is 17.4 Å². The van der Waals surface area contributed by atoms with Gasteiger partial charge in [0.1, 0.15) is 0 Å². The molecule has 1 aliphatic rings. The standard InChI is InChI=1S/C13H9.C13H21.C3H6.2ClH.Zr/c1-3-7-12-10(5-1)9-11-6-2-4-8-13(11)12;1-5-6-7-11-8-9-12(10-11)13(2,3)4;1-3-2;;;/h1-9H;9-11H,5-7H2,1-4H3;1-2H3;2*1H;/q2*-1;;;;+2/p-2. The van der Waals surface area contributed by atoms with E-state index in [0.717, 1.165) is 0 Å². The molecule has 0 N–H and O–H groups in total. The summed E-state index contributed by atoms with van der Waals surface area (Å²) in [6, 6.07) is 19.3. The first kappa shape index (κ1) is 31.1. The minimum Gasteiger partial charge on any atom is -1.00 e. The predicted octanol–water partition coefficient (Wildman–Crippen LogP) is 2.60. The molecule has 0 amide bonds. The first-order valence-electron chi connectivity index (χ1n) is 11.1. The van der Waals surface area contributed by atoms with Crippen LogP contribution in [0.25, 0.3) is 21.5 Å². The number of unbranched alkanes of at least 4 members (excludes halogenated alkanes) is 1. The van der Waals surface area contributed by atoms with Gasteiger partial charge in [-0.1, -0.05) is 94.7 Å². The molecule has 0 saturated heterocycles. The second kappa shape index (κ2) is 15.1. The molecular weight excluding hydrogens is 510 g/mol. The number of rotatable bonds is 3. The van der Waals surface area contributed by atoms with Crippen LogP contribution >= 0.6 is 0 Å². The number of hydrogen-bond donors (Lipinski definition) is 0. The van der Waals surface area contributed by atoms with Crippen LogP contribution in [0.2, 0.25) is 0 Å². The maximum atomic E-state index is 3.43. The third-order valence-electron chi connectivity index (χ3n) is 5.09. The second-order valence-corrected chi connectivity index (χ2v) is 11.7. The van der Waals surface area contributed by atoms with Gasteiger partial charge in [-0.15, -0.1) is 39.7 Å². The van der Waals surface area contributed by atoms with Crippen molar-refractivity contribution in [1.29, 1.82) is 0 Å². The average molecular weight is 547 g/mol. The summed E-state index contributed by atoms with van der Waals surface area (Å²) in [5.41, 5.74) is 1.75. The van der Waals surface area contributed by atoms with E-state index in [1.165, 1.54) is 49.6 Å². The van der Waals surface area contributed by atoms with Gasteiger partial charge in [-0.05, 0) is 0 Å². The fourth-order valence-electron chi connectivity index (χ4n) is 3.47. The third-order valence-corrected chi connectivity index (χ3v) is 5.09. The van der Waals surface area contributed by atoms with Gasteiger partial charge in [-0.25, -0.2) is 6.08 Å². The van der Waals surface area contributed by atoms with Crippen molar-refractivity contribution in [2.45, 2.75) is 60.8 Å². The number of fused-ring (bicyclic) bond motifs is 3. The molecule has 1 aliphatic carbocycles. The van der Waals surface area contributed by atoms with Crippen molar-refractivity contribution in [3.8, 4) is 0 Å². The minimum absolute atomic E-state index is 0. The Hall–Kier alpha value is -0.877. The van der Waals surface area contributed by atoms with Crippen molar-refractivity contribution in [1.82, 2.24) is 0 Å². The topological polar surface area (TPSA) is 0 Å². The molecule has 3 heteroatoms. The zero-order valence-corrected chi connectivity index (χ0v) is 24.3.